The van der Waals surface area contributed by atoms with Gasteiger partial charge in [-0.1, -0.05) is 6.07 Å². The van der Waals surface area contributed by atoms with E-state index >= 15 is 0 Å². The molecule has 0 unspecified atom stereocenters. The second kappa shape index (κ2) is 4.39. The number of nitrogens with zero attached hydrogens (tertiary/aromatic N) is 1. The summed E-state index contributed by atoms with van der Waals surface area (Å²) in [6.07, 6.45) is 2.10. The number of hydrogen-bond acceptors (Lipinski definition) is 4. The molecule has 0 spiro atoms. The van der Waals surface area contributed by atoms with Crippen molar-refractivity contribution >= 4 is 37.9 Å². The molecule has 3 rings (SSSR count). The number of carbonyl (C=O) groups excluding carboxylic acids is 1. The quantitative estimate of drug-likeness (QED) is 0.670. The van der Waals surface area contributed by atoms with E-state index in [1.54, 1.807) is 28.9 Å². The van der Waals surface area contributed by atoms with Gasteiger partial charge in [0.1, 0.15) is 0 Å². The fourth-order valence-corrected chi connectivity index (χ4v) is 3.70. The van der Waals surface area contributed by atoms with E-state index in [0.717, 1.165) is 10.6 Å². The highest BCUT2D eigenvalue weighted by molar-refractivity contribution is 7.27. The van der Waals surface area contributed by atoms with Crippen LogP contribution >= 0.6 is 22.7 Å². The zero-order chi connectivity index (χ0) is 11.7. The van der Waals surface area contributed by atoms with Crippen LogP contribution in [0, 0.1) is 0 Å². The Kier molecular flexibility index (Phi) is 2.74. The van der Waals surface area contributed by atoms with Crippen molar-refractivity contribution in [1.82, 2.24) is 4.98 Å². The number of rotatable bonds is 3. The molecule has 3 aromatic heterocycles. The number of carbonyl (C=O) groups is 1. The second-order valence-corrected chi connectivity index (χ2v) is 5.71. The summed E-state index contributed by atoms with van der Waals surface area (Å²) in [5, 5.41) is 2.05. The van der Waals surface area contributed by atoms with Gasteiger partial charge in [0.05, 0.1) is 11.3 Å². The lowest BCUT2D eigenvalue weighted by atomic mass is 10.2. The van der Waals surface area contributed by atoms with Gasteiger partial charge in [-0.2, -0.15) is 0 Å². The second-order valence-electron chi connectivity index (χ2n) is 3.68. The van der Waals surface area contributed by atoms with Gasteiger partial charge in [-0.25, -0.2) is 0 Å². The van der Waals surface area contributed by atoms with Crippen LogP contribution in [0.3, 0.4) is 0 Å². The SMILES string of the molecule is O=C(Cc1ccccn1)c1cc2sccc2s1. The van der Waals surface area contributed by atoms with Crippen LogP contribution in [0.4, 0.5) is 0 Å². The van der Waals surface area contributed by atoms with Crippen LogP contribution in [-0.2, 0) is 6.42 Å². The molecule has 0 saturated heterocycles. The van der Waals surface area contributed by atoms with Crippen molar-refractivity contribution in [3.63, 3.8) is 0 Å². The molecule has 0 aliphatic heterocycles. The first-order chi connectivity index (χ1) is 8.33. The van der Waals surface area contributed by atoms with Gasteiger partial charge in [0.25, 0.3) is 0 Å². The maximum atomic E-state index is 12.1. The van der Waals surface area contributed by atoms with E-state index in [2.05, 4.69) is 11.1 Å². The number of aromatic nitrogens is 1. The van der Waals surface area contributed by atoms with Crippen LogP contribution < -0.4 is 0 Å². The third-order valence-corrected chi connectivity index (χ3v) is 4.62. The largest absolute Gasteiger partial charge is 0.293 e. The molecule has 0 radical (unpaired) electrons. The highest BCUT2D eigenvalue weighted by Crippen LogP contribution is 2.30. The Bertz CT molecular complexity index is 626. The molecule has 3 aromatic rings. The maximum Gasteiger partial charge on any atom is 0.178 e. The first-order valence-corrected chi connectivity index (χ1v) is 6.93. The summed E-state index contributed by atoms with van der Waals surface area (Å²) in [7, 11) is 0. The molecule has 0 saturated carbocycles. The minimum Gasteiger partial charge on any atom is -0.293 e. The Morgan fingerprint density at radius 2 is 2.18 bits per heavy atom. The summed E-state index contributed by atoms with van der Waals surface area (Å²) in [6.45, 7) is 0. The standard InChI is InChI=1S/C13H9NOS2/c15-10(7-9-3-1-2-5-14-9)12-8-13-11(17-12)4-6-16-13/h1-6,8H,7H2. The van der Waals surface area contributed by atoms with Gasteiger partial charge in [0, 0.05) is 21.3 Å². The molecule has 0 atom stereocenters. The summed E-state index contributed by atoms with van der Waals surface area (Å²) in [6, 6.07) is 9.68. The van der Waals surface area contributed by atoms with Crippen LogP contribution in [-0.4, -0.2) is 10.8 Å². The van der Waals surface area contributed by atoms with Gasteiger partial charge in [0.15, 0.2) is 5.78 Å². The van der Waals surface area contributed by atoms with Crippen molar-refractivity contribution in [3.8, 4) is 0 Å². The molecular weight excluding hydrogens is 250 g/mol. The average molecular weight is 259 g/mol. The molecule has 84 valence electrons. The van der Waals surface area contributed by atoms with Crippen molar-refractivity contribution in [2.75, 3.05) is 0 Å². The zero-order valence-electron chi connectivity index (χ0n) is 8.92. The molecule has 2 nitrogen and oxygen atoms in total. The lowest BCUT2D eigenvalue weighted by molar-refractivity contribution is 0.0996. The molecule has 0 amide bonds. The fourth-order valence-electron chi connectivity index (χ4n) is 1.66. The Labute approximate surface area is 107 Å². The minimum absolute atomic E-state index is 0.150. The van der Waals surface area contributed by atoms with Crippen LogP contribution in [0.5, 0.6) is 0 Å². The highest BCUT2D eigenvalue weighted by atomic mass is 32.1. The predicted octanol–water partition coefficient (Wildman–Crippen LogP) is 3.78. The van der Waals surface area contributed by atoms with Gasteiger partial charge < -0.3 is 0 Å². The van der Waals surface area contributed by atoms with Crippen LogP contribution in [0.15, 0.2) is 41.9 Å². The van der Waals surface area contributed by atoms with E-state index < -0.39 is 0 Å². The molecule has 0 aliphatic rings. The van der Waals surface area contributed by atoms with Gasteiger partial charge in [-0.3, -0.25) is 9.78 Å². The fraction of sp³-hybridized carbons (Fsp3) is 0.0769. The summed E-state index contributed by atoms with van der Waals surface area (Å²) in [5.74, 6) is 0.150. The van der Waals surface area contributed by atoms with Crippen molar-refractivity contribution in [2.24, 2.45) is 0 Å². The van der Waals surface area contributed by atoms with E-state index in [9.17, 15) is 4.79 Å². The molecule has 0 fully saturated rings. The van der Waals surface area contributed by atoms with Gasteiger partial charge in [-0.15, -0.1) is 22.7 Å². The first-order valence-electron chi connectivity index (χ1n) is 5.23. The smallest absolute Gasteiger partial charge is 0.178 e. The van der Waals surface area contributed by atoms with Crippen molar-refractivity contribution in [3.05, 3.63) is 52.5 Å². The Morgan fingerprint density at radius 3 is 2.94 bits per heavy atom. The monoisotopic (exact) mass is 259 g/mol. The number of ketones is 1. The summed E-state index contributed by atoms with van der Waals surface area (Å²) >= 11 is 3.24. The van der Waals surface area contributed by atoms with Crippen LogP contribution in [0.25, 0.3) is 9.40 Å². The minimum atomic E-state index is 0.150. The van der Waals surface area contributed by atoms with Crippen molar-refractivity contribution in [1.29, 1.82) is 0 Å². The number of Topliss-reactive ketones (excluding diaryl/α,β-unsaturated/α-hetero) is 1. The molecular formula is C13H9NOS2. The van der Waals surface area contributed by atoms with E-state index in [-0.39, 0.29) is 5.78 Å². The third kappa shape index (κ3) is 2.14. The molecule has 0 N–H and O–H groups in total. The maximum absolute atomic E-state index is 12.1. The lowest BCUT2D eigenvalue weighted by Gasteiger charge is -1.96. The number of hydrogen-bond donors (Lipinski definition) is 0. The molecule has 0 bridgehead atoms. The van der Waals surface area contributed by atoms with Gasteiger partial charge in [-0.05, 0) is 29.6 Å². The lowest BCUT2D eigenvalue weighted by Crippen LogP contribution is -2.02. The Hall–Kier alpha value is -1.52. The number of fused-ring (bicyclic) bond motifs is 1. The van der Waals surface area contributed by atoms with E-state index in [0.29, 0.717) is 6.42 Å². The zero-order valence-corrected chi connectivity index (χ0v) is 10.6. The van der Waals surface area contributed by atoms with Crippen molar-refractivity contribution in [2.45, 2.75) is 6.42 Å². The number of pyridine rings is 1. The third-order valence-electron chi connectivity index (χ3n) is 2.48. The summed E-state index contributed by atoms with van der Waals surface area (Å²) < 4.78 is 2.39. The molecule has 0 aromatic carbocycles. The Morgan fingerprint density at radius 1 is 1.24 bits per heavy atom. The van der Waals surface area contributed by atoms with E-state index in [4.69, 9.17) is 0 Å². The van der Waals surface area contributed by atoms with Gasteiger partial charge in [0.2, 0.25) is 0 Å². The van der Waals surface area contributed by atoms with Crippen LogP contribution in [0.2, 0.25) is 0 Å². The molecule has 4 heteroatoms. The molecule has 3 heterocycles. The normalized spacial score (nSPS) is 10.8. The van der Waals surface area contributed by atoms with Gasteiger partial charge >= 0.3 is 0 Å². The topological polar surface area (TPSA) is 30.0 Å². The first kappa shape index (κ1) is 10.6. The van der Waals surface area contributed by atoms with Crippen molar-refractivity contribution < 1.29 is 4.79 Å². The van der Waals surface area contributed by atoms with E-state index in [1.807, 2.05) is 29.6 Å². The molecule has 0 aliphatic carbocycles. The van der Waals surface area contributed by atoms with E-state index in [1.165, 1.54) is 9.40 Å². The summed E-state index contributed by atoms with van der Waals surface area (Å²) in [5.41, 5.74) is 0.828. The molecule has 17 heavy (non-hydrogen) atoms. The summed E-state index contributed by atoms with van der Waals surface area (Å²) in [4.78, 5) is 17.1. The predicted molar refractivity (Wildman–Crippen MR) is 72.0 cm³/mol. The average Bonchev–Trinajstić information content (AvgIpc) is 2.90. The number of thiophene rings is 2. The highest BCUT2D eigenvalue weighted by Gasteiger charge is 2.12. The van der Waals surface area contributed by atoms with Crippen LogP contribution in [0.1, 0.15) is 15.4 Å². The Balaban J connectivity index is 1.85.